The molecule has 0 saturated carbocycles. The average Bonchev–Trinajstić information content (AvgIpc) is 2.46. The molecule has 1 atom stereocenters. The molecule has 0 saturated heterocycles. The van der Waals surface area contributed by atoms with Crippen molar-refractivity contribution in [1.82, 2.24) is 9.62 Å². The summed E-state index contributed by atoms with van der Waals surface area (Å²) in [4.78, 5) is 12.2. The maximum absolute atomic E-state index is 12.0. The summed E-state index contributed by atoms with van der Waals surface area (Å²) >= 11 is 0. The lowest BCUT2D eigenvalue weighted by Crippen LogP contribution is -2.35. The predicted octanol–water partition coefficient (Wildman–Crippen LogP) is 0.828. The van der Waals surface area contributed by atoms with Gasteiger partial charge in [-0.25, -0.2) is 12.7 Å². The number of benzene rings is 1. The van der Waals surface area contributed by atoms with E-state index in [1.54, 1.807) is 0 Å². The van der Waals surface area contributed by atoms with Crippen LogP contribution in [0.5, 0.6) is 0 Å². The maximum atomic E-state index is 12.0. The number of amides is 1. The summed E-state index contributed by atoms with van der Waals surface area (Å²) in [5.41, 5.74) is 0.393. The molecule has 21 heavy (non-hydrogen) atoms. The van der Waals surface area contributed by atoms with Crippen molar-refractivity contribution in [2.24, 2.45) is 0 Å². The molecule has 0 bridgehead atoms. The Kier molecular flexibility index (Phi) is 6.32. The molecule has 0 aliphatic rings. The summed E-state index contributed by atoms with van der Waals surface area (Å²) < 4.78 is 25.0. The standard InChI is InChI=1S/C14H22N2O4S/c1-4-12(9-10-17)15-14(18)11-5-7-13(8-6-11)21(19,20)16(2)3/h5-8,12,17H,4,9-10H2,1-3H3,(H,15,18). The molecule has 6 nitrogen and oxygen atoms in total. The zero-order valence-electron chi connectivity index (χ0n) is 12.5. The molecule has 0 spiro atoms. The van der Waals surface area contributed by atoms with Gasteiger partial charge in [-0.05, 0) is 37.1 Å². The molecule has 118 valence electrons. The van der Waals surface area contributed by atoms with Gasteiger partial charge in [-0.1, -0.05) is 6.92 Å². The molecule has 1 rings (SSSR count). The molecular formula is C14H22N2O4S. The van der Waals surface area contributed by atoms with Crippen molar-refractivity contribution in [2.45, 2.75) is 30.7 Å². The largest absolute Gasteiger partial charge is 0.396 e. The number of aliphatic hydroxyl groups is 1. The van der Waals surface area contributed by atoms with Gasteiger partial charge in [0.2, 0.25) is 10.0 Å². The zero-order valence-corrected chi connectivity index (χ0v) is 13.4. The smallest absolute Gasteiger partial charge is 0.251 e. The van der Waals surface area contributed by atoms with E-state index in [0.29, 0.717) is 12.0 Å². The van der Waals surface area contributed by atoms with Gasteiger partial charge in [0, 0.05) is 32.3 Å². The average molecular weight is 314 g/mol. The van der Waals surface area contributed by atoms with Gasteiger partial charge in [0.15, 0.2) is 0 Å². The third-order valence-electron chi connectivity index (χ3n) is 3.20. The molecule has 1 amide bonds. The first-order chi connectivity index (χ1) is 9.82. The van der Waals surface area contributed by atoms with E-state index in [1.807, 2.05) is 6.92 Å². The molecule has 1 unspecified atom stereocenters. The first-order valence-corrected chi connectivity index (χ1v) is 8.21. The fourth-order valence-electron chi connectivity index (χ4n) is 1.79. The Morgan fingerprint density at radius 3 is 2.29 bits per heavy atom. The molecular weight excluding hydrogens is 292 g/mol. The van der Waals surface area contributed by atoms with Gasteiger partial charge in [0.05, 0.1) is 4.90 Å². The van der Waals surface area contributed by atoms with Gasteiger partial charge in [-0.2, -0.15) is 0 Å². The number of hydrogen-bond donors (Lipinski definition) is 2. The van der Waals surface area contributed by atoms with Crippen LogP contribution in [0.1, 0.15) is 30.1 Å². The molecule has 0 aliphatic carbocycles. The topological polar surface area (TPSA) is 86.7 Å². The van der Waals surface area contributed by atoms with E-state index in [2.05, 4.69) is 5.32 Å². The second kappa shape index (κ2) is 7.53. The highest BCUT2D eigenvalue weighted by Gasteiger charge is 2.18. The number of rotatable bonds is 7. The van der Waals surface area contributed by atoms with Crippen LogP contribution in [-0.2, 0) is 10.0 Å². The van der Waals surface area contributed by atoms with E-state index < -0.39 is 10.0 Å². The SMILES string of the molecule is CCC(CCO)NC(=O)c1ccc(S(=O)(=O)N(C)C)cc1. The zero-order chi connectivity index (χ0) is 16.0. The quantitative estimate of drug-likeness (QED) is 0.780. The Morgan fingerprint density at radius 2 is 1.86 bits per heavy atom. The Balaban J connectivity index is 2.85. The number of nitrogens with zero attached hydrogens (tertiary/aromatic N) is 1. The molecule has 1 aromatic carbocycles. The van der Waals surface area contributed by atoms with Crippen LogP contribution >= 0.6 is 0 Å². The van der Waals surface area contributed by atoms with Crippen molar-refractivity contribution in [2.75, 3.05) is 20.7 Å². The monoisotopic (exact) mass is 314 g/mol. The van der Waals surface area contributed by atoms with Crippen LogP contribution in [0.15, 0.2) is 29.2 Å². The molecule has 0 aromatic heterocycles. The normalized spacial score (nSPS) is 13.2. The summed E-state index contributed by atoms with van der Waals surface area (Å²) in [5, 5.41) is 11.7. The minimum Gasteiger partial charge on any atom is -0.396 e. The first-order valence-electron chi connectivity index (χ1n) is 6.77. The van der Waals surface area contributed by atoms with Crippen molar-refractivity contribution < 1.29 is 18.3 Å². The lowest BCUT2D eigenvalue weighted by molar-refractivity contribution is 0.0929. The molecule has 0 aliphatic heterocycles. The molecule has 2 N–H and O–H groups in total. The van der Waals surface area contributed by atoms with E-state index in [9.17, 15) is 13.2 Å². The van der Waals surface area contributed by atoms with Gasteiger partial charge in [0.25, 0.3) is 5.91 Å². The van der Waals surface area contributed by atoms with Crippen molar-refractivity contribution in [3.8, 4) is 0 Å². The number of aliphatic hydroxyl groups excluding tert-OH is 1. The number of carbonyl (C=O) groups is 1. The predicted molar refractivity (Wildman–Crippen MR) is 80.6 cm³/mol. The van der Waals surface area contributed by atoms with Crippen LogP contribution in [0.2, 0.25) is 0 Å². The van der Waals surface area contributed by atoms with Crippen molar-refractivity contribution in [3.05, 3.63) is 29.8 Å². The van der Waals surface area contributed by atoms with Crippen molar-refractivity contribution >= 4 is 15.9 Å². The summed E-state index contributed by atoms with van der Waals surface area (Å²) in [6.07, 6.45) is 1.22. The summed E-state index contributed by atoms with van der Waals surface area (Å²) in [7, 11) is -0.577. The summed E-state index contributed by atoms with van der Waals surface area (Å²) in [5.74, 6) is -0.274. The summed E-state index contributed by atoms with van der Waals surface area (Å²) in [6, 6.07) is 5.70. The van der Waals surface area contributed by atoms with Gasteiger partial charge < -0.3 is 10.4 Å². The van der Waals surface area contributed by atoms with Crippen molar-refractivity contribution in [1.29, 1.82) is 0 Å². The Morgan fingerprint density at radius 1 is 1.29 bits per heavy atom. The van der Waals surface area contributed by atoms with Crippen molar-refractivity contribution in [3.63, 3.8) is 0 Å². The Labute approximate surface area is 125 Å². The van der Waals surface area contributed by atoms with E-state index in [4.69, 9.17) is 5.11 Å². The highest BCUT2D eigenvalue weighted by Crippen LogP contribution is 2.14. The molecule has 0 radical (unpaired) electrons. The molecule has 1 aromatic rings. The highest BCUT2D eigenvalue weighted by molar-refractivity contribution is 7.89. The number of nitrogens with one attached hydrogen (secondary N) is 1. The lowest BCUT2D eigenvalue weighted by atomic mass is 10.1. The van der Waals surface area contributed by atoms with E-state index in [0.717, 1.165) is 10.7 Å². The Hall–Kier alpha value is -1.44. The van der Waals surface area contributed by atoms with Crippen LogP contribution in [-0.4, -0.2) is 50.5 Å². The third kappa shape index (κ3) is 4.52. The van der Waals surface area contributed by atoms with Crippen LogP contribution in [0.4, 0.5) is 0 Å². The Bertz CT molecular complexity index is 567. The minimum absolute atomic E-state index is 0.0127. The van der Waals surface area contributed by atoms with Crippen LogP contribution in [0, 0.1) is 0 Å². The number of carbonyl (C=O) groups excluding carboxylic acids is 1. The van der Waals surface area contributed by atoms with Crippen LogP contribution in [0.25, 0.3) is 0 Å². The highest BCUT2D eigenvalue weighted by atomic mass is 32.2. The third-order valence-corrected chi connectivity index (χ3v) is 5.03. The number of hydrogen-bond acceptors (Lipinski definition) is 4. The minimum atomic E-state index is -3.49. The van der Waals surface area contributed by atoms with Crippen LogP contribution in [0.3, 0.4) is 0 Å². The van der Waals surface area contributed by atoms with Crippen LogP contribution < -0.4 is 5.32 Å². The first kappa shape index (κ1) is 17.6. The second-order valence-corrected chi connectivity index (χ2v) is 7.05. The number of sulfonamides is 1. The molecule has 0 fully saturated rings. The van der Waals surface area contributed by atoms with E-state index in [-0.39, 0.29) is 23.5 Å². The maximum Gasteiger partial charge on any atom is 0.251 e. The second-order valence-electron chi connectivity index (χ2n) is 4.90. The van der Waals surface area contributed by atoms with E-state index >= 15 is 0 Å². The van der Waals surface area contributed by atoms with Gasteiger partial charge >= 0.3 is 0 Å². The van der Waals surface area contributed by atoms with Gasteiger partial charge in [-0.15, -0.1) is 0 Å². The summed E-state index contributed by atoms with van der Waals surface area (Å²) in [6.45, 7) is 1.94. The van der Waals surface area contributed by atoms with Gasteiger partial charge in [0.1, 0.15) is 0 Å². The molecule has 7 heteroatoms. The van der Waals surface area contributed by atoms with Gasteiger partial charge in [-0.3, -0.25) is 4.79 Å². The van der Waals surface area contributed by atoms with E-state index in [1.165, 1.54) is 38.4 Å². The molecule has 0 heterocycles. The lowest BCUT2D eigenvalue weighted by Gasteiger charge is -2.16. The fourth-order valence-corrected chi connectivity index (χ4v) is 2.69. The fraction of sp³-hybridized carbons (Fsp3) is 0.500.